The molecule has 0 aliphatic heterocycles. The second kappa shape index (κ2) is 7.98. The molecule has 0 aliphatic carbocycles. The van der Waals surface area contributed by atoms with Gasteiger partial charge in [-0.2, -0.15) is 9.55 Å². The van der Waals surface area contributed by atoms with Gasteiger partial charge in [0, 0.05) is 12.1 Å². The molecule has 0 saturated carbocycles. The first-order valence-corrected chi connectivity index (χ1v) is 8.39. The number of thiol groups is 1. The van der Waals surface area contributed by atoms with Crippen molar-refractivity contribution >= 4 is 34.2 Å². The maximum atomic E-state index is 11.5. The molecular formula is C16H13ClN2O5S. The Labute approximate surface area is 150 Å². The van der Waals surface area contributed by atoms with Crippen LogP contribution in [0.15, 0.2) is 42.5 Å². The van der Waals surface area contributed by atoms with Crippen molar-refractivity contribution in [3.8, 4) is 6.07 Å². The highest BCUT2D eigenvalue weighted by Gasteiger charge is 2.20. The minimum Gasteiger partial charge on any atom is -0.478 e. The number of carbonyl (C=O) groups is 1. The number of nitrogens with zero attached hydrogens (tertiary/aromatic N) is 2. The normalized spacial score (nSPS) is 11.8. The van der Waals surface area contributed by atoms with Gasteiger partial charge in [-0.3, -0.25) is 0 Å². The molecule has 0 bridgehead atoms. The Morgan fingerprint density at radius 1 is 1.24 bits per heavy atom. The van der Waals surface area contributed by atoms with Crippen LogP contribution in [0.4, 0.5) is 5.69 Å². The first-order valence-electron chi connectivity index (χ1n) is 6.92. The number of carboxylic acid groups (broad SMARTS) is 1. The average Bonchev–Trinajstić information content (AvgIpc) is 2.56. The molecule has 0 spiro atoms. The first kappa shape index (κ1) is 18.7. The van der Waals surface area contributed by atoms with Gasteiger partial charge in [0.15, 0.2) is 0 Å². The van der Waals surface area contributed by atoms with Gasteiger partial charge in [-0.1, -0.05) is 29.8 Å². The molecule has 130 valence electrons. The summed E-state index contributed by atoms with van der Waals surface area (Å²) in [6, 6.07) is 13.0. The Hall–Kier alpha value is -2.60. The highest BCUT2D eigenvalue weighted by atomic mass is 35.5. The molecule has 1 unspecified atom stereocenters. The number of nitriles is 1. The third kappa shape index (κ3) is 4.48. The van der Waals surface area contributed by atoms with Gasteiger partial charge < -0.3 is 5.11 Å². The molecule has 7 nitrogen and oxygen atoms in total. The van der Waals surface area contributed by atoms with Crippen molar-refractivity contribution in [1.29, 1.82) is 5.26 Å². The lowest BCUT2D eigenvalue weighted by Gasteiger charge is -2.18. The van der Waals surface area contributed by atoms with Crippen molar-refractivity contribution in [2.75, 3.05) is 12.1 Å². The van der Waals surface area contributed by atoms with Crippen LogP contribution in [0.5, 0.6) is 0 Å². The van der Waals surface area contributed by atoms with E-state index in [2.05, 4.69) is 10.4 Å². The fraction of sp³-hybridized carbons (Fsp3) is 0.125. The number of hydrogen-bond acceptors (Lipinski definition) is 6. The average molecular weight is 381 g/mol. The summed E-state index contributed by atoms with van der Waals surface area (Å²) in [5.41, 5.74) is 0.962. The zero-order chi connectivity index (χ0) is 18.6. The summed E-state index contributed by atoms with van der Waals surface area (Å²) in [4.78, 5) is 11.5. The van der Waals surface area contributed by atoms with Crippen LogP contribution in [0.2, 0.25) is 5.02 Å². The lowest BCUT2D eigenvalue weighted by molar-refractivity contribution is 0.0696. The Morgan fingerprint density at radius 3 is 2.36 bits per heavy atom. The fourth-order valence-corrected chi connectivity index (χ4v) is 2.73. The predicted octanol–water partition coefficient (Wildman–Crippen LogP) is 2.59. The molecular weight excluding hydrogens is 368 g/mol. The summed E-state index contributed by atoms with van der Waals surface area (Å²) < 4.78 is 25.8. The van der Waals surface area contributed by atoms with E-state index in [1.54, 1.807) is 30.3 Å². The monoisotopic (exact) mass is 380 g/mol. The molecule has 0 heterocycles. The van der Waals surface area contributed by atoms with Crippen LogP contribution >= 0.6 is 11.6 Å². The smallest absolute Gasteiger partial charge is 0.337 e. The van der Waals surface area contributed by atoms with Crippen molar-refractivity contribution in [2.24, 2.45) is 0 Å². The molecule has 9 heteroatoms. The minimum atomic E-state index is -3.19. The summed E-state index contributed by atoms with van der Waals surface area (Å²) in [7, 11) is -1.92. The van der Waals surface area contributed by atoms with E-state index in [4.69, 9.17) is 11.6 Å². The van der Waals surface area contributed by atoms with Gasteiger partial charge in [-0.15, -0.1) is 0 Å². The number of benzene rings is 2. The van der Waals surface area contributed by atoms with Crippen LogP contribution in [0, 0.1) is 11.3 Å². The topological polar surface area (TPSA) is 108 Å². The zero-order valence-corrected chi connectivity index (χ0v) is 14.6. The molecule has 0 aliphatic rings. The van der Waals surface area contributed by atoms with Crippen LogP contribution < -0.4 is 5.06 Å². The predicted molar refractivity (Wildman–Crippen MR) is 92.1 cm³/mol. The Morgan fingerprint density at radius 2 is 1.84 bits per heavy atom. The highest BCUT2D eigenvalue weighted by molar-refractivity contribution is 7.67. The standard InChI is InChI=1S/C16H13ClN2O5S/c1-19(24-25(22)23)15-7-4-11(8-13(15)16(20)21)14(9-18)10-2-5-12(17)6-3-10/h2-8,14,25H,1H3,(H,20,21). The van der Waals surface area contributed by atoms with Crippen LogP contribution in [0.3, 0.4) is 0 Å². The molecule has 0 amide bonds. The second-order valence-corrected chi connectivity index (χ2v) is 6.05. The van der Waals surface area contributed by atoms with Crippen molar-refractivity contribution in [1.82, 2.24) is 0 Å². The minimum absolute atomic E-state index is 0.0447. The number of rotatable bonds is 6. The van der Waals surface area contributed by atoms with E-state index in [9.17, 15) is 23.6 Å². The van der Waals surface area contributed by atoms with Crippen LogP contribution in [0.25, 0.3) is 0 Å². The van der Waals surface area contributed by atoms with Crippen molar-refractivity contribution in [3.63, 3.8) is 0 Å². The fourth-order valence-electron chi connectivity index (χ4n) is 2.32. The largest absolute Gasteiger partial charge is 0.478 e. The van der Waals surface area contributed by atoms with E-state index in [-0.39, 0.29) is 11.3 Å². The van der Waals surface area contributed by atoms with E-state index < -0.39 is 22.9 Å². The quantitative estimate of drug-likeness (QED) is 0.585. The number of aromatic carboxylic acids is 1. The Balaban J connectivity index is 2.48. The van der Waals surface area contributed by atoms with Crippen LogP contribution in [0.1, 0.15) is 27.4 Å². The highest BCUT2D eigenvalue weighted by Crippen LogP contribution is 2.30. The molecule has 0 radical (unpaired) electrons. The number of hydrogen-bond donors (Lipinski definition) is 2. The molecule has 0 saturated heterocycles. The Bertz CT molecular complexity index is 898. The molecule has 2 aromatic carbocycles. The molecule has 0 aromatic heterocycles. The van der Waals surface area contributed by atoms with E-state index in [1.807, 2.05) is 0 Å². The number of hydroxylamine groups is 1. The number of halogens is 1. The maximum absolute atomic E-state index is 11.5. The third-order valence-electron chi connectivity index (χ3n) is 3.45. The lowest BCUT2D eigenvalue weighted by atomic mass is 9.91. The first-order chi connectivity index (χ1) is 11.8. The molecule has 2 rings (SSSR count). The zero-order valence-electron chi connectivity index (χ0n) is 12.9. The van der Waals surface area contributed by atoms with Gasteiger partial charge in [0.1, 0.15) is 0 Å². The van der Waals surface area contributed by atoms with Gasteiger partial charge >= 0.3 is 5.97 Å². The number of anilines is 1. The van der Waals surface area contributed by atoms with Crippen molar-refractivity contribution in [3.05, 3.63) is 64.2 Å². The summed E-state index contributed by atoms with van der Waals surface area (Å²) in [6.45, 7) is 0. The summed E-state index contributed by atoms with van der Waals surface area (Å²) in [5.74, 6) is -1.98. The number of carboxylic acids is 1. The van der Waals surface area contributed by atoms with Crippen molar-refractivity contribution in [2.45, 2.75) is 5.92 Å². The summed E-state index contributed by atoms with van der Waals surface area (Å²) in [6.07, 6.45) is 0. The SMILES string of the molecule is CN(O[SH](=O)=O)c1ccc(C(C#N)c2ccc(Cl)cc2)cc1C(=O)O. The van der Waals surface area contributed by atoms with Crippen molar-refractivity contribution < 1.29 is 22.6 Å². The van der Waals surface area contributed by atoms with E-state index in [1.165, 1.54) is 19.2 Å². The van der Waals surface area contributed by atoms with Gasteiger partial charge in [0.2, 0.25) is 0 Å². The van der Waals surface area contributed by atoms with E-state index >= 15 is 0 Å². The van der Waals surface area contributed by atoms with E-state index in [0.717, 1.165) is 5.06 Å². The lowest BCUT2D eigenvalue weighted by Crippen LogP contribution is -2.20. The third-order valence-corrected chi connectivity index (χ3v) is 4.08. The van der Waals surface area contributed by atoms with E-state index in [0.29, 0.717) is 16.1 Å². The molecule has 1 atom stereocenters. The second-order valence-electron chi connectivity index (χ2n) is 5.00. The van der Waals surface area contributed by atoms with Gasteiger partial charge in [-0.05, 0) is 35.4 Å². The van der Waals surface area contributed by atoms with Crippen LogP contribution in [-0.4, -0.2) is 26.5 Å². The maximum Gasteiger partial charge on any atom is 0.337 e. The summed E-state index contributed by atoms with van der Waals surface area (Å²) >= 11 is 5.84. The van der Waals surface area contributed by atoms with Gasteiger partial charge in [-0.25, -0.2) is 18.3 Å². The summed E-state index contributed by atoms with van der Waals surface area (Å²) in [5, 5.41) is 20.2. The molecule has 2 aromatic rings. The molecule has 1 N–H and O–H groups in total. The van der Waals surface area contributed by atoms with Gasteiger partial charge in [0.25, 0.3) is 11.0 Å². The molecule has 0 fully saturated rings. The van der Waals surface area contributed by atoms with Gasteiger partial charge in [0.05, 0.1) is 23.2 Å². The Kier molecular flexibility index (Phi) is 5.98. The molecule has 25 heavy (non-hydrogen) atoms. The van der Waals surface area contributed by atoms with Crippen LogP contribution in [-0.2, 0) is 15.3 Å².